The van der Waals surface area contributed by atoms with Crippen molar-refractivity contribution in [2.75, 3.05) is 5.32 Å². The fourth-order valence-electron chi connectivity index (χ4n) is 2.48. The highest BCUT2D eigenvalue weighted by molar-refractivity contribution is 6.39. The van der Waals surface area contributed by atoms with Gasteiger partial charge in [-0.05, 0) is 37.8 Å². The van der Waals surface area contributed by atoms with Crippen LogP contribution in [0.1, 0.15) is 41.0 Å². The van der Waals surface area contributed by atoms with Crippen LogP contribution in [-0.2, 0) is 9.59 Å². The minimum Gasteiger partial charge on any atom is -0.343 e. The molecule has 21 heavy (non-hydrogen) atoms. The number of hydrogen-bond acceptors (Lipinski definition) is 2. The Kier molecular flexibility index (Phi) is 5.10. The lowest BCUT2D eigenvalue weighted by Crippen LogP contribution is -2.49. The Morgan fingerprint density at radius 1 is 1.05 bits per heavy atom. The van der Waals surface area contributed by atoms with E-state index in [4.69, 9.17) is 0 Å². The van der Waals surface area contributed by atoms with Crippen molar-refractivity contribution in [3.05, 3.63) is 30.1 Å². The molecule has 0 aliphatic carbocycles. The molecule has 1 rings (SSSR count). The highest BCUT2D eigenvalue weighted by Crippen LogP contribution is 2.26. The number of amides is 2. The maximum atomic E-state index is 13.4. The summed E-state index contributed by atoms with van der Waals surface area (Å²) in [5.74, 6) is -2.22. The average molecular weight is 294 g/mol. The molecular weight excluding hydrogens is 271 g/mol. The fraction of sp³-hybridized carbons (Fsp3) is 0.500. The molecule has 0 aromatic heterocycles. The van der Waals surface area contributed by atoms with Crippen LogP contribution in [0.15, 0.2) is 24.3 Å². The summed E-state index contributed by atoms with van der Waals surface area (Å²) < 4.78 is 13.4. The van der Waals surface area contributed by atoms with Gasteiger partial charge >= 0.3 is 11.8 Å². The predicted molar refractivity (Wildman–Crippen MR) is 81.3 cm³/mol. The van der Waals surface area contributed by atoms with E-state index in [1.165, 1.54) is 18.2 Å². The van der Waals surface area contributed by atoms with E-state index in [0.717, 1.165) is 0 Å². The molecule has 0 spiro atoms. The lowest BCUT2D eigenvalue weighted by molar-refractivity contribution is -0.137. The summed E-state index contributed by atoms with van der Waals surface area (Å²) in [5, 5.41) is 4.95. The molecule has 0 atom stereocenters. The summed E-state index contributed by atoms with van der Waals surface area (Å²) in [4.78, 5) is 23.7. The molecule has 0 saturated carbocycles. The Bertz CT molecular complexity index is 533. The molecule has 0 heterocycles. The van der Waals surface area contributed by atoms with Crippen LogP contribution in [0.5, 0.6) is 0 Å². The van der Waals surface area contributed by atoms with Crippen LogP contribution < -0.4 is 10.6 Å². The summed E-state index contributed by atoms with van der Waals surface area (Å²) in [6.07, 6.45) is 0.707. The van der Waals surface area contributed by atoms with E-state index >= 15 is 0 Å². The third kappa shape index (κ3) is 5.94. The van der Waals surface area contributed by atoms with E-state index in [0.29, 0.717) is 6.42 Å². The Morgan fingerprint density at radius 2 is 1.62 bits per heavy atom. The topological polar surface area (TPSA) is 58.2 Å². The van der Waals surface area contributed by atoms with Crippen molar-refractivity contribution >= 4 is 17.5 Å². The summed E-state index contributed by atoms with van der Waals surface area (Å²) in [5.41, 5.74) is -0.521. The second-order valence-corrected chi connectivity index (χ2v) is 7.01. The van der Waals surface area contributed by atoms with Gasteiger partial charge in [0.05, 0.1) is 5.69 Å². The lowest BCUT2D eigenvalue weighted by Gasteiger charge is -2.33. The molecule has 2 amide bonds. The molecule has 1 aromatic rings. The van der Waals surface area contributed by atoms with Gasteiger partial charge in [0.2, 0.25) is 0 Å². The molecule has 4 nitrogen and oxygen atoms in total. The quantitative estimate of drug-likeness (QED) is 0.842. The van der Waals surface area contributed by atoms with Gasteiger partial charge in [-0.2, -0.15) is 0 Å². The van der Waals surface area contributed by atoms with Crippen molar-refractivity contribution in [2.24, 2.45) is 5.41 Å². The second-order valence-electron chi connectivity index (χ2n) is 7.01. The number of rotatable bonds is 3. The van der Waals surface area contributed by atoms with Crippen LogP contribution in [0.2, 0.25) is 0 Å². The van der Waals surface area contributed by atoms with E-state index in [2.05, 4.69) is 31.4 Å². The van der Waals surface area contributed by atoms with Gasteiger partial charge in [0.15, 0.2) is 0 Å². The van der Waals surface area contributed by atoms with Gasteiger partial charge in [-0.15, -0.1) is 0 Å². The van der Waals surface area contributed by atoms with Crippen molar-refractivity contribution in [3.8, 4) is 0 Å². The number of carbonyl (C=O) groups excluding carboxylic acids is 2. The lowest BCUT2D eigenvalue weighted by atomic mass is 9.82. The highest BCUT2D eigenvalue weighted by atomic mass is 19.1. The molecule has 0 radical (unpaired) electrons. The van der Waals surface area contributed by atoms with Gasteiger partial charge in [0.25, 0.3) is 0 Å². The molecule has 0 unspecified atom stereocenters. The first-order valence-electron chi connectivity index (χ1n) is 6.88. The van der Waals surface area contributed by atoms with Crippen molar-refractivity contribution < 1.29 is 14.0 Å². The first-order valence-corrected chi connectivity index (χ1v) is 6.88. The van der Waals surface area contributed by atoms with E-state index in [9.17, 15) is 14.0 Å². The molecule has 116 valence electrons. The number of halogens is 1. The molecule has 1 aromatic carbocycles. The Labute approximate surface area is 125 Å². The van der Waals surface area contributed by atoms with Crippen LogP contribution >= 0.6 is 0 Å². The minimum atomic E-state index is -0.873. The Hall–Kier alpha value is -1.91. The normalized spacial score (nSPS) is 11.9. The van der Waals surface area contributed by atoms with Crippen LogP contribution in [0, 0.1) is 11.2 Å². The van der Waals surface area contributed by atoms with Gasteiger partial charge in [-0.25, -0.2) is 4.39 Å². The maximum absolute atomic E-state index is 13.4. The van der Waals surface area contributed by atoms with Crippen LogP contribution in [0.4, 0.5) is 10.1 Å². The smallest absolute Gasteiger partial charge is 0.313 e. The number of benzene rings is 1. The molecule has 0 bridgehead atoms. The number of nitrogens with one attached hydrogen (secondary N) is 2. The standard InChI is InChI=1S/C16H23FN2O2/c1-15(2,3)10-16(4,5)19-14(21)13(20)18-12-9-7-6-8-11(12)17/h6-9H,10H2,1-5H3,(H,18,20)(H,19,21). The average Bonchev–Trinajstić information content (AvgIpc) is 2.28. The second kappa shape index (κ2) is 6.24. The first-order chi connectivity index (χ1) is 9.50. The number of para-hydroxylation sites is 1. The molecule has 0 aliphatic heterocycles. The van der Waals surface area contributed by atoms with Crippen molar-refractivity contribution in [2.45, 2.75) is 46.6 Å². The monoisotopic (exact) mass is 294 g/mol. The predicted octanol–water partition coefficient (Wildman–Crippen LogP) is 3.10. The largest absolute Gasteiger partial charge is 0.343 e. The van der Waals surface area contributed by atoms with Gasteiger partial charge in [-0.1, -0.05) is 32.9 Å². The molecule has 0 fully saturated rings. The van der Waals surface area contributed by atoms with Gasteiger partial charge in [0, 0.05) is 5.54 Å². The zero-order chi connectivity index (χ0) is 16.3. The van der Waals surface area contributed by atoms with Gasteiger partial charge in [0.1, 0.15) is 5.82 Å². The van der Waals surface area contributed by atoms with Crippen molar-refractivity contribution in [1.82, 2.24) is 5.32 Å². The zero-order valence-corrected chi connectivity index (χ0v) is 13.2. The van der Waals surface area contributed by atoms with E-state index < -0.39 is 23.2 Å². The molecule has 0 aliphatic rings. The summed E-state index contributed by atoms with van der Waals surface area (Å²) in [7, 11) is 0. The van der Waals surface area contributed by atoms with Crippen LogP contribution in [0.25, 0.3) is 0 Å². The highest BCUT2D eigenvalue weighted by Gasteiger charge is 2.29. The Morgan fingerprint density at radius 3 is 2.14 bits per heavy atom. The summed E-state index contributed by atoms with van der Waals surface area (Å²) in [6, 6.07) is 5.72. The van der Waals surface area contributed by atoms with E-state index in [-0.39, 0.29) is 11.1 Å². The van der Waals surface area contributed by atoms with E-state index in [1.54, 1.807) is 6.07 Å². The van der Waals surface area contributed by atoms with Crippen LogP contribution in [-0.4, -0.2) is 17.4 Å². The summed E-state index contributed by atoms with van der Waals surface area (Å²) in [6.45, 7) is 9.88. The number of hydrogen-bond donors (Lipinski definition) is 2. The number of anilines is 1. The number of carbonyl (C=O) groups is 2. The van der Waals surface area contributed by atoms with E-state index in [1.807, 2.05) is 13.8 Å². The third-order valence-electron chi connectivity index (χ3n) is 2.75. The molecule has 5 heteroatoms. The van der Waals surface area contributed by atoms with Crippen molar-refractivity contribution in [1.29, 1.82) is 0 Å². The minimum absolute atomic E-state index is 0.00808. The van der Waals surface area contributed by atoms with Crippen LogP contribution in [0.3, 0.4) is 0 Å². The molecular formula is C16H23FN2O2. The SMILES string of the molecule is CC(C)(C)CC(C)(C)NC(=O)C(=O)Nc1ccccc1F. The third-order valence-corrected chi connectivity index (χ3v) is 2.75. The zero-order valence-electron chi connectivity index (χ0n) is 13.2. The molecule has 2 N–H and O–H groups in total. The first kappa shape index (κ1) is 17.1. The maximum Gasteiger partial charge on any atom is 0.313 e. The molecule has 0 saturated heterocycles. The van der Waals surface area contributed by atoms with Gasteiger partial charge in [-0.3, -0.25) is 9.59 Å². The Balaban J connectivity index is 2.67. The van der Waals surface area contributed by atoms with Crippen molar-refractivity contribution in [3.63, 3.8) is 0 Å². The van der Waals surface area contributed by atoms with Gasteiger partial charge < -0.3 is 10.6 Å². The fourth-order valence-corrected chi connectivity index (χ4v) is 2.48. The summed E-state index contributed by atoms with van der Waals surface area (Å²) >= 11 is 0.